The maximum atomic E-state index is 12.2. The second-order valence-corrected chi connectivity index (χ2v) is 5.54. The van der Waals surface area contributed by atoms with Gasteiger partial charge in [0.25, 0.3) is 5.91 Å². The highest BCUT2D eigenvalue weighted by atomic mass is 79.9. The number of amides is 1. The molecular weight excluding hydrogens is 360 g/mol. The van der Waals surface area contributed by atoms with Gasteiger partial charge in [-0.15, -0.1) is 0 Å². The third kappa shape index (κ3) is 4.10. The minimum Gasteiger partial charge on any atom is -0.497 e. The summed E-state index contributed by atoms with van der Waals surface area (Å²) in [4.78, 5) is 12.2. The number of ether oxygens (including phenoxy) is 2. The Labute approximate surface area is 143 Å². The minimum absolute atomic E-state index is 0.293. The summed E-state index contributed by atoms with van der Waals surface area (Å²) in [6.07, 6.45) is 0. The molecule has 0 fully saturated rings. The molecule has 0 unspecified atom stereocenters. The van der Waals surface area contributed by atoms with Crippen LogP contribution >= 0.6 is 15.9 Å². The molecule has 0 aliphatic rings. The average molecular weight is 377 g/mol. The first-order chi connectivity index (χ1) is 11.1. The molecule has 2 aromatic carbocycles. The molecule has 2 rings (SSSR count). The highest BCUT2D eigenvalue weighted by Gasteiger charge is 2.11. The van der Waals surface area contributed by atoms with Crippen LogP contribution in [0, 0.1) is 0 Å². The third-order valence-electron chi connectivity index (χ3n) is 3.24. The Morgan fingerprint density at radius 1 is 1.09 bits per heavy atom. The van der Waals surface area contributed by atoms with Crippen molar-refractivity contribution in [3.63, 3.8) is 0 Å². The SMILES string of the molecule is COc1ccc(OC)c(/C(C)=N\NC(=O)c2ccccc2Br)c1. The molecule has 5 nitrogen and oxygen atoms in total. The van der Waals surface area contributed by atoms with Crippen LogP contribution in [0.1, 0.15) is 22.8 Å². The van der Waals surface area contributed by atoms with Crippen LogP contribution in [0.4, 0.5) is 0 Å². The van der Waals surface area contributed by atoms with Crippen molar-refractivity contribution in [2.75, 3.05) is 14.2 Å². The van der Waals surface area contributed by atoms with E-state index in [1.165, 1.54) is 0 Å². The zero-order valence-electron chi connectivity index (χ0n) is 13.1. The number of nitrogens with zero attached hydrogens (tertiary/aromatic N) is 1. The molecule has 0 aliphatic carbocycles. The fourth-order valence-electron chi connectivity index (χ4n) is 2.00. The van der Waals surface area contributed by atoms with Gasteiger partial charge in [0.2, 0.25) is 0 Å². The van der Waals surface area contributed by atoms with Gasteiger partial charge in [0.05, 0.1) is 25.5 Å². The summed E-state index contributed by atoms with van der Waals surface area (Å²) in [5.41, 5.74) is 4.43. The fraction of sp³-hybridized carbons (Fsp3) is 0.176. The Kier molecular flexibility index (Phi) is 5.76. The second-order valence-electron chi connectivity index (χ2n) is 4.68. The van der Waals surface area contributed by atoms with Gasteiger partial charge in [-0.1, -0.05) is 12.1 Å². The number of nitrogens with one attached hydrogen (secondary N) is 1. The summed E-state index contributed by atoms with van der Waals surface area (Å²) >= 11 is 3.34. The van der Waals surface area contributed by atoms with Gasteiger partial charge in [-0.25, -0.2) is 5.43 Å². The summed E-state index contributed by atoms with van der Waals surface area (Å²) in [5.74, 6) is 1.05. The lowest BCUT2D eigenvalue weighted by atomic mass is 10.1. The number of hydrogen-bond donors (Lipinski definition) is 1. The standard InChI is InChI=1S/C17H17BrN2O3/c1-11(14-10-12(22-2)8-9-16(14)23-3)19-20-17(21)13-6-4-5-7-15(13)18/h4-10H,1-3H3,(H,20,21)/b19-11-. The Bertz CT molecular complexity index is 744. The molecule has 0 saturated carbocycles. The Hall–Kier alpha value is -2.34. The van der Waals surface area contributed by atoms with E-state index in [0.29, 0.717) is 27.2 Å². The summed E-state index contributed by atoms with van der Waals surface area (Å²) in [5, 5.41) is 4.16. The van der Waals surface area contributed by atoms with Crippen LogP contribution < -0.4 is 14.9 Å². The van der Waals surface area contributed by atoms with E-state index in [-0.39, 0.29) is 5.91 Å². The lowest BCUT2D eigenvalue weighted by molar-refractivity contribution is 0.0954. The van der Waals surface area contributed by atoms with Gasteiger partial charge in [-0.3, -0.25) is 4.79 Å². The Morgan fingerprint density at radius 3 is 2.48 bits per heavy atom. The van der Waals surface area contributed by atoms with E-state index in [1.807, 2.05) is 12.1 Å². The van der Waals surface area contributed by atoms with E-state index in [1.54, 1.807) is 51.5 Å². The molecule has 0 atom stereocenters. The smallest absolute Gasteiger partial charge is 0.272 e. The third-order valence-corrected chi connectivity index (χ3v) is 3.93. The van der Waals surface area contributed by atoms with Crippen molar-refractivity contribution in [3.05, 3.63) is 58.1 Å². The van der Waals surface area contributed by atoms with E-state index in [4.69, 9.17) is 9.47 Å². The van der Waals surface area contributed by atoms with Crippen molar-refractivity contribution in [1.82, 2.24) is 5.43 Å². The van der Waals surface area contributed by atoms with Gasteiger partial charge in [0.1, 0.15) is 11.5 Å². The van der Waals surface area contributed by atoms with Gasteiger partial charge in [-0.05, 0) is 53.2 Å². The Morgan fingerprint density at radius 2 is 1.83 bits per heavy atom. The lowest BCUT2D eigenvalue weighted by Gasteiger charge is -2.10. The second kappa shape index (κ2) is 7.78. The number of carbonyl (C=O) groups is 1. The van der Waals surface area contributed by atoms with Crippen LogP contribution in [0.2, 0.25) is 0 Å². The molecule has 0 aliphatic heterocycles. The number of hydrogen-bond acceptors (Lipinski definition) is 4. The van der Waals surface area contributed by atoms with Gasteiger partial charge < -0.3 is 9.47 Å². The van der Waals surface area contributed by atoms with E-state index >= 15 is 0 Å². The van der Waals surface area contributed by atoms with Crippen molar-refractivity contribution in [2.24, 2.45) is 5.10 Å². The highest BCUT2D eigenvalue weighted by Crippen LogP contribution is 2.24. The van der Waals surface area contributed by atoms with Crippen LogP contribution in [-0.4, -0.2) is 25.8 Å². The molecule has 6 heteroatoms. The predicted octanol–water partition coefficient (Wildman–Crippen LogP) is 3.62. The summed E-state index contributed by atoms with van der Waals surface area (Å²) in [6, 6.07) is 12.6. The van der Waals surface area contributed by atoms with E-state index in [0.717, 1.165) is 5.56 Å². The first kappa shape index (κ1) is 17.0. The van der Waals surface area contributed by atoms with Crippen LogP contribution in [0.5, 0.6) is 11.5 Å². The average Bonchev–Trinajstić information content (AvgIpc) is 2.59. The maximum Gasteiger partial charge on any atom is 0.272 e. The monoisotopic (exact) mass is 376 g/mol. The first-order valence-electron chi connectivity index (χ1n) is 6.88. The molecule has 0 bridgehead atoms. The molecule has 0 radical (unpaired) electrons. The topological polar surface area (TPSA) is 59.9 Å². The van der Waals surface area contributed by atoms with Gasteiger partial charge in [0.15, 0.2) is 0 Å². The van der Waals surface area contributed by atoms with Crippen molar-refractivity contribution in [2.45, 2.75) is 6.92 Å². The first-order valence-corrected chi connectivity index (χ1v) is 7.67. The molecule has 1 N–H and O–H groups in total. The summed E-state index contributed by atoms with van der Waals surface area (Å²) in [7, 11) is 3.17. The number of carbonyl (C=O) groups excluding carboxylic acids is 1. The summed E-state index contributed by atoms with van der Waals surface area (Å²) in [6.45, 7) is 1.79. The molecule has 23 heavy (non-hydrogen) atoms. The minimum atomic E-state index is -0.293. The van der Waals surface area contributed by atoms with Crippen molar-refractivity contribution in [3.8, 4) is 11.5 Å². The molecule has 0 heterocycles. The maximum absolute atomic E-state index is 12.2. The van der Waals surface area contributed by atoms with Crippen LogP contribution in [-0.2, 0) is 0 Å². The normalized spacial score (nSPS) is 11.0. The number of halogens is 1. The molecule has 0 saturated heterocycles. The van der Waals surface area contributed by atoms with Crippen molar-refractivity contribution < 1.29 is 14.3 Å². The molecule has 0 aromatic heterocycles. The Balaban J connectivity index is 2.23. The molecule has 120 valence electrons. The van der Waals surface area contributed by atoms with E-state index in [9.17, 15) is 4.79 Å². The van der Waals surface area contributed by atoms with E-state index < -0.39 is 0 Å². The number of rotatable bonds is 5. The molecule has 2 aromatic rings. The highest BCUT2D eigenvalue weighted by molar-refractivity contribution is 9.10. The predicted molar refractivity (Wildman–Crippen MR) is 93.4 cm³/mol. The molecular formula is C17H17BrN2O3. The van der Waals surface area contributed by atoms with Crippen molar-refractivity contribution >= 4 is 27.5 Å². The van der Waals surface area contributed by atoms with Crippen LogP contribution in [0.15, 0.2) is 52.0 Å². The van der Waals surface area contributed by atoms with Gasteiger partial charge in [-0.2, -0.15) is 5.10 Å². The number of methoxy groups -OCH3 is 2. The van der Waals surface area contributed by atoms with E-state index in [2.05, 4.69) is 26.5 Å². The van der Waals surface area contributed by atoms with Gasteiger partial charge in [0, 0.05) is 10.0 Å². The fourth-order valence-corrected chi connectivity index (χ4v) is 2.46. The molecule has 1 amide bonds. The lowest BCUT2D eigenvalue weighted by Crippen LogP contribution is -2.20. The number of benzene rings is 2. The zero-order chi connectivity index (χ0) is 16.8. The molecule has 0 spiro atoms. The summed E-state index contributed by atoms with van der Waals surface area (Å²) < 4.78 is 11.2. The largest absolute Gasteiger partial charge is 0.497 e. The van der Waals surface area contributed by atoms with Crippen molar-refractivity contribution in [1.29, 1.82) is 0 Å². The van der Waals surface area contributed by atoms with Gasteiger partial charge >= 0.3 is 0 Å². The van der Waals surface area contributed by atoms with Crippen LogP contribution in [0.3, 0.4) is 0 Å². The number of hydrazone groups is 1. The zero-order valence-corrected chi connectivity index (χ0v) is 14.7. The van der Waals surface area contributed by atoms with Crippen LogP contribution in [0.25, 0.3) is 0 Å². The quantitative estimate of drug-likeness (QED) is 0.640.